The van der Waals surface area contributed by atoms with Crippen molar-refractivity contribution >= 4 is 37.9 Å². The maximum Gasteiger partial charge on any atom is 0.184 e. The van der Waals surface area contributed by atoms with Crippen LogP contribution in [0.2, 0.25) is 0 Å². The van der Waals surface area contributed by atoms with Crippen LogP contribution in [-0.2, 0) is 0 Å². The molecular weight excluding hydrogens is 300 g/mol. The number of hydrogen-bond donors (Lipinski definition) is 0. The van der Waals surface area contributed by atoms with Crippen LogP contribution in [0.5, 0.6) is 0 Å². The lowest BCUT2D eigenvalue weighted by Crippen LogP contribution is -1.70. The van der Waals surface area contributed by atoms with E-state index < -0.39 is 0 Å². The standard InChI is InChI=1S/C8H2Br2N2O/c9-7-2-6(13-8(7)10)1-5(3-11)4-12/h1-2H. The zero-order valence-corrected chi connectivity index (χ0v) is 9.39. The van der Waals surface area contributed by atoms with E-state index in [0.29, 0.717) is 10.4 Å². The summed E-state index contributed by atoms with van der Waals surface area (Å²) < 4.78 is 6.42. The van der Waals surface area contributed by atoms with Gasteiger partial charge in [0.2, 0.25) is 0 Å². The second-order valence-electron chi connectivity index (χ2n) is 2.05. The van der Waals surface area contributed by atoms with Crippen molar-refractivity contribution in [3.8, 4) is 12.1 Å². The average Bonchev–Trinajstić information content (AvgIpc) is 2.42. The van der Waals surface area contributed by atoms with Crippen molar-refractivity contribution in [2.45, 2.75) is 0 Å². The van der Waals surface area contributed by atoms with Gasteiger partial charge in [0.15, 0.2) is 4.67 Å². The second kappa shape index (κ2) is 4.27. The van der Waals surface area contributed by atoms with Gasteiger partial charge in [-0.1, -0.05) is 0 Å². The molecule has 64 valence electrons. The van der Waals surface area contributed by atoms with E-state index in [1.165, 1.54) is 6.08 Å². The van der Waals surface area contributed by atoms with Crippen LogP contribution in [0.3, 0.4) is 0 Å². The minimum atomic E-state index is 0.00810. The molecule has 0 saturated heterocycles. The zero-order valence-electron chi connectivity index (χ0n) is 6.21. The molecule has 1 rings (SSSR count). The van der Waals surface area contributed by atoms with Crippen molar-refractivity contribution in [3.05, 3.63) is 26.5 Å². The summed E-state index contributed by atoms with van der Waals surface area (Å²) in [5, 5.41) is 16.9. The van der Waals surface area contributed by atoms with Crippen LogP contribution in [0.4, 0.5) is 0 Å². The number of rotatable bonds is 1. The van der Waals surface area contributed by atoms with Gasteiger partial charge in [-0.25, -0.2) is 0 Å². The molecule has 1 heterocycles. The lowest BCUT2D eigenvalue weighted by atomic mass is 10.3. The van der Waals surface area contributed by atoms with Gasteiger partial charge in [0.1, 0.15) is 23.5 Å². The number of hydrogen-bond acceptors (Lipinski definition) is 3. The molecule has 0 radical (unpaired) electrons. The molecule has 1 aromatic heterocycles. The monoisotopic (exact) mass is 300 g/mol. The number of furan rings is 1. The van der Waals surface area contributed by atoms with E-state index in [2.05, 4.69) is 31.9 Å². The lowest BCUT2D eigenvalue weighted by Gasteiger charge is -1.82. The molecule has 13 heavy (non-hydrogen) atoms. The van der Waals surface area contributed by atoms with E-state index in [-0.39, 0.29) is 5.57 Å². The molecule has 0 aliphatic carbocycles. The summed E-state index contributed by atoms with van der Waals surface area (Å²) in [6.07, 6.45) is 1.37. The van der Waals surface area contributed by atoms with Crippen LogP contribution in [0.15, 0.2) is 25.2 Å². The molecule has 0 atom stereocenters. The Morgan fingerprint density at radius 1 is 1.38 bits per heavy atom. The fourth-order valence-electron chi connectivity index (χ4n) is 0.666. The SMILES string of the molecule is N#CC(C#N)=Cc1cc(Br)c(Br)o1. The van der Waals surface area contributed by atoms with Crippen LogP contribution in [0, 0.1) is 22.7 Å². The topological polar surface area (TPSA) is 60.7 Å². The lowest BCUT2D eigenvalue weighted by molar-refractivity contribution is 0.529. The highest BCUT2D eigenvalue weighted by Gasteiger charge is 2.04. The Labute approximate surface area is 91.5 Å². The van der Waals surface area contributed by atoms with Gasteiger partial charge >= 0.3 is 0 Å². The van der Waals surface area contributed by atoms with Crippen molar-refractivity contribution in [3.63, 3.8) is 0 Å². The molecule has 0 aliphatic rings. The molecule has 3 nitrogen and oxygen atoms in total. The van der Waals surface area contributed by atoms with Gasteiger partial charge in [-0.3, -0.25) is 0 Å². The first-order valence-electron chi connectivity index (χ1n) is 3.14. The highest BCUT2D eigenvalue weighted by Crippen LogP contribution is 2.27. The third-order valence-electron chi connectivity index (χ3n) is 1.19. The number of halogens is 2. The largest absolute Gasteiger partial charge is 0.449 e. The highest BCUT2D eigenvalue weighted by molar-refractivity contribution is 9.13. The van der Waals surface area contributed by atoms with Crippen LogP contribution in [0.1, 0.15) is 5.76 Å². The van der Waals surface area contributed by atoms with Gasteiger partial charge in [0.25, 0.3) is 0 Å². The van der Waals surface area contributed by atoms with E-state index in [1.54, 1.807) is 18.2 Å². The minimum absolute atomic E-state index is 0.00810. The summed E-state index contributed by atoms with van der Waals surface area (Å²) in [7, 11) is 0. The average molecular weight is 302 g/mol. The maximum absolute atomic E-state index is 8.46. The molecule has 0 aromatic carbocycles. The van der Waals surface area contributed by atoms with Crippen molar-refractivity contribution in [2.24, 2.45) is 0 Å². The molecule has 0 fully saturated rings. The molecule has 0 N–H and O–H groups in total. The third kappa shape index (κ3) is 2.45. The summed E-state index contributed by atoms with van der Waals surface area (Å²) in [6, 6.07) is 5.14. The van der Waals surface area contributed by atoms with Crippen molar-refractivity contribution in [1.82, 2.24) is 0 Å². The van der Waals surface area contributed by atoms with E-state index >= 15 is 0 Å². The van der Waals surface area contributed by atoms with E-state index in [1.807, 2.05) is 0 Å². The Kier molecular flexibility index (Phi) is 3.30. The van der Waals surface area contributed by atoms with E-state index in [9.17, 15) is 0 Å². The Morgan fingerprint density at radius 2 is 2.00 bits per heavy atom. The molecule has 0 bridgehead atoms. The fraction of sp³-hybridized carbons (Fsp3) is 0. The van der Waals surface area contributed by atoms with Crippen LogP contribution in [0.25, 0.3) is 6.08 Å². The summed E-state index contributed by atoms with van der Waals surface area (Å²) in [5.41, 5.74) is 0.00810. The summed E-state index contributed by atoms with van der Waals surface area (Å²) in [5.74, 6) is 0.455. The number of allylic oxidation sites excluding steroid dienone is 1. The van der Waals surface area contributed by atoms with Gasteiger partial charge in [0.05, 0.1) is 4.47 Å². The number of nitrogens with zero attached hydrogens (tertiary/aromatic N) is 2. The molecule has 5 heteroatoms. The Hall–Kier alpha value is -1.04. The molecule has 1 aromatic rings. The van der Waals surface area contributed by atoms with Crippen LogP contribution >= 0.6 is 31.9 Å². The van der Waals surface area contributed by atoms with Crippen molar-refractivity contribution < 1.29 is 4.42 Å². The van der Waals surface area contributed by atoms with Gasteiger partial charge in [-0.05, 0) is 37.9 Å². The van der Waals surface area contributed by atoms with E-state index in [4.69, 9.17) is 14.9 Å². The Morgan fingerprint density at radius 3 is 2.38 bits per heavy atom. The molecule has 0 unspecified atom stereocenters. The fourth-order valence-corrected chi connectivity index (χ4v) is 1.27. The zero-order chi connectivity index (χ0) is 9.84. The quantitative estimate of drug-likeness (QED) is 0.748. The molecule has 0 amide bonds. The minimum Gasteiger partial charge on any atom is -0.449 e. The third-order valence-corrected chi connectivity index (χ3v) is 2.90. The van der Waals surface area contributed by atoms with E-state index in [0.717, 1.165) is 4.47 Å². The first-order chi connectivity index (χ1) is 6.17. The first-order valence-corrected chi connectivity index (χ1v) is 4.72. The Bertz CT molecular complexity index is 398. The molecular formula is C8H2Br2N2O. The predicted octanol–water partition coefficient (Wildman–Crippen LogP) is 3.24. The van der Waals surface area contributed by atoms with Crippen molar-refractivity contribution in [1.29, 1.82) is 10.5 Å². The van der Waals surface area contributed by atoms with Gasteiger partial charge < -0.3 is 4.42 Å². The van der Waals surface area contributed by atoms with Crippen molar-refractivity contribution in [2.75, 3.05) is 0 Å². The maximum atomic E-state index is 8.46. The highest BCUT2D eigenvalue weighted by atomic mass is 79.9. The predicted molar refractivity (Wildman–Crippen MR) is 53.3 cm³/mol. The summed E-state index contributed by atoms with van der Waals surface area (Å²) in [6.45, 7) is 0. The first kappa shape index (κ1) is 10.0. The Balaban J connectivity index is 3.07. The van der Waals surface area contributed by atoms with Crippen LogP contribution < -0.4 is 0 Å². The normalized spacial score (nSPS) is 8.62. The molecule has 0 aliphatic heterocycles. The van der Waals surface area contributed by atoms with Gasteiger partial charge in [-0.2, -0.15) is 10.5 Å². The molecule has 0 spiro atoms. The van der Waals surface area contributed by atoms with Crippen LogP contribution in [-0.4, -0.2) is 0 Å². The second-order valence-corrected chi connectivity index (χ2v) is 3.63. The van der Waals surface area contributed by atoms with Gasteiger partial charge in [-0.15, -0.1) is 0 Å². The summed E-state index contributed by atoms with van der Waals surface area (Å²) in [4.78, 5) is 0. The molecule has 0 saturated carbocycles. The smallest absolute Gasteiger partial charge is 0.184 e. The number of nitriles is 2. The summed E-state index contributed by atoms with van der Waals surface area (Å²) >= 11 is 6.36. The van der Waals surface area contributed by atoms with Gasteiger partial charge in [0, 0.05) is 6.08 Å².